The molecule has 1 heterocycles. The zero-order chi connectivity index (χ0) is 23.3. The van der Waals surface area contributed by atoms with E-state index in [1.165, 1.54) is 0 Å². The number of aromatic nitrogens is 3. The summed E-state index contributed by atoms with van der Waals surface area (Å²) in [5.74, 6) is 2.70. The Balaban J connectivity index is 2.07. The lowest BCUT2D eigenvalue weighted by molar-refractivity contribution is -0.113. The van der Waals surface area contributed by atoms with E-state index < -0.39 is 17.6 Å². The summed E-state index contributed by atoms with van der Waals surface area (Å²) >= 11 is 16.8. The number of rotatable bonds is 7. The second-order valence-electron chi connectivity index (χ2n) is 6.42. The third-order valence-corrected chi connectivity index (χ3v) is 5.07. The van der Waals surface area contributed by atoms with E-state index in [2.05, 4.69) is 26.7 Å². The maximum Gasteiger partial charge on any atom is 0.261 e. The summed E-state index contributed by atoms with van der Waals surface area (Å²) in [7, 11) is 0. The number of halogens is 2. The topological polar surface area (TPSA) is 149 Å². The molecule has 0 saturated carbocycles. The number of benzene rings is 2. The van der Waals surface area contributed by atoms with E-state index in [0.29, 0.717) is 21.2 Å². The minimum absolute atomic E-state index is 0.00750. The first-order chi connectivity index (χ1) is 15.3. The van der Waals surface area contributed by atoms with Gasteiger partial charge in [-0.05, 0) is 47.6 Å². The Morgan fingerprint density at radius 2 is 1.56 bits per heavy atom. The van der Waals surface area contributed by atoms with Gasteiger partial charge in [0.2, 0.25) is 10.6 Å². The number of hydrogen-bond donors (Lipinski definition) is 3. The molecule has 4 N–H and O–H groups in total. The first-order valence-corrected chi connectivity index (χ1v) is 10.1. The molecular weight excluding hydrogens is 471 g/mol. The number of carbonyl (C=O) groups is 1. The highest BCUT2D eigenvalue weighted by Crippen LogP contribution is 2.26. The van der Waals surface area contributed by atoms with Gasteiger partial charge < -0.3 is 5.84 Å². The predicted octanol–water partition coefficient (Wildman–Crippen LogP) is 3.91. The highest BCUT2D eigenvalue weighted by molar-refractivity contribution is 7.71. The Labute approximate surface area is 197 Å². The molecule has 2 aromatic carbocycles. The third-order valence-electron chi connectivity index (χ3n) is 4.38. The summed E-state index contributed by atoms with van der Waals surface area (Å²) < 4.78 is 0.0867. The summed E-state index contributed by atoms with van der Waals surface area (Å²) in [6, 6.07) is 16.7. The van der Waals surface area contributed by atoms with E-state index in [0.717, 1.165) is 4.79 Å². The zero-order valence-corrected chi connectivity index (χ0v) is 18.5. The minimum Gasteiger partial charge on any atom is -0.321 e. The second kappa shape index (κ2) is 10.1. The molecule has 3 rings (SSSR count). The number of nitrogens with two attached hydrogens (primary N) is 1. The number of ketones is 1. The molecule has 0 bridgehead atoms. The Morgan fingerprint density at radius 3 is 2.00 bits per heavy atom. The molecule has 2 unspecified atom stereocenters. The zero-order valence-electron chi connectivity index (χ0n) is 16.2. The molecule has 0 amide bonds. The van der Waals surface area contributed by atoms with Crippen molar-refractivity contribution in [2.75, 3.05) is 11.3 Å². The van der Waals surface area contributed by atoms with Crippen molar-refractivity contribution in [3.8, 4) is 12.1 Å². The summed E-state index contributed by atoms with van der Waals surface area (Å²) in [6.07, 6.45) is 0. The van der Waals surface area contributed by atoms with Crippen molar-refractivity contribution in [2.45, 2.75) is 11.8 Å². The average molecular weight is 485 g/mol. The fourth-order valence-corrected chi connectivity index (χ4v) is 3.26. The van der Waals surface area contributed by atoms with E-state index in [1.807, 2.05) is 6.07 Å². The summed E-state index contributed by atoms with van der Waals surface area (Å²) in [5.41, 5.74) is 3.19. The second-order valence-corrected chi connectivity index (χ2v) is 7.68. The molecule has 0 aliphatic carbocycles. The molecule has 0 aliphatic rings. The molecule has 1 aromatic heterocycles. The van der Waals surface area contributed by atoms with Gasteiger partial charge in [-0.25, -0.2) is 5.43 Å². The van der Waals surface area contributed by atoms with Crippen LogP contribution in [0, 0.1) is 27.4 Å². The molecule has 0 spiro atoms. The number of nitriles is 2. The van der Waals surface area contributed by atoms with Crippen LogP contribution >= 0.6 is 35.4 Å². The molecule has 0 fully saturated rings. The largest absolute Gasteiger partial charge is 0.321 e. The summed E-state index contributed by atoms with van der Waals surface area (Å²) in [4.78, 5) is 18.3. The van der Waals surface area contributed by atoms with Crippen LogP contribution in [0.5, 0.6) is 0 Å². The van der Waals surface area contributed by atoms with Crippen molar-refractivity contribution in [3.05, 3.63) is 74.5 Å². The van der Waals surface area contributed by atoms with Crippen molar-refractivity contribution in [3.63, 3.8) is 0 Å². The quantitative estimate of drug-likeness (QED) is 0.199. The van der Waals surface area contributed by atoms with Crippen LogP contribution in [-0.4, -0.2) is 26.4 Å². The Bertz CT molecular complexity index is 1300. The SMILES string of the molecule is N#CC(C(=O)C(=NNc1nc(=S)[nH]n1N)C(C#N)c1ccc(Cl)cc1)c1ccc(Cl)cc1. The highest BCUT2D eigenvalue weighted by atomic mass is 35.5. The van der Waals surface area contributed by atoms with Crippen LogP contribution in [0.1, 0.15) is 23.0 Å². The van der Waals surface area contributed by atoms with Gasteiger partial charge in [-0.1, -0.05) is 47.5 Å². The number of nitrogen functional groups attached to an aromatic ring is 1. The van der Waals surface area contributed by atoms with E-state index >= 15 is 0 Å². The number of Topliss-reactive ketones (excluding diaryl/α,β-unsaturated/α-hetero) is 1. The van der Waals surface area contributed by atoms with Crippen molar-refractivity contribution >= 4 is 52.9 Å². The summed E-state index contributed by atoms with van der Waals surface area (Å²) in [6.45, 7) is 0. The smallest absolute Gasteiger partial charge is 0.261 e. The minimum atomic E-state index is -1.23. The first-order valence-electron chi connectivity index (χ1n) is 8.96. The molecule has 0 aliphatic heterocycles. The van der Waals surface area contributed by atoms with Gasteiger partial charge in [0.05, 0.1) is 12.1 Å². The average Bonchev–Trinajstić information content (AvgIpc) is 3.10. The molecule has 2 atom stereocenters. The van der Waals surface area contributed by atoms with Crippen LogP contribution in [-0.2, 0) is 4.79 Å². The van der Waals surface area contributed by atoms with Crippen LogP contribution in [0.2, 0.25) is 10.0 Å². The van der Waals surface area contributed by atoms with E-state index in [4.69, 9.17) is 41.3 Å². The monoisotopic (exact) mass is 484 g/mol. The van der Waals surface area contributed by atoms with Gasteiger partial charge in [-0.15, -0.1) is 0 Å². The number of hydrogen-bond acceptors (Lipinski definition) is 8. The van der Waals surface area contributed by atoms with Crippen molar-refractivity contribution in [2.24, 2.45) is 5.10 Å². The number of H-pyrrole nitrogens is 1. The van der Waals surface area contributed by atoms with E-state index in [1.54, 1.807) is 48.5 Å². The Kier molecular flexibility index (Phi) is 7.23. The molecule has 32 heavy (non-hydrogen) atoms. The van der Waals surface area contributed by atoms with Crippen LogP contribution in [0.15, 0.2) is 53.6 Å². The van der Waals surface area contributed by atoms with Crippen LogP contribution in [0.3, 0.4) is 0 Å². The number of aromatic amines is 1. The lowest BCUT2D eigenvalue weighted by atomic mass is 9.86. The van der Waals surface area contributed by atoms with E-state index in [-0.39, 0.29) is 16.4 Å². The molecule has 12 heteroatoms. The molecule has 0 saturated heterocycles. The molecule has 160 valence electrons. The van der Waals surface area contributed by atoms with Gasteiger partial charge in [0.15, 0.2) is 0 Å². The van der Waals surface area contributed by atoms with Gasteiger partial charge in [0.1, 0.15) is 17.5 Å². The van der Waals surface area contributed by atoms with Gasteiger partial charge in [-0.2, -0.15) is 25.4 Å². The highest BCUT2D eigenvalue weighted by Gasteiger charge is 2.32. The van der Waals surface area contributed by atoms with Gasteiger partial charge in [-0.3, -0.25) is 9.89 Å². The van der Waals surface area contributed by atoms with Gasteiger partial charge >= 0.3 is 0 Å². The third kappa shape index (κ3) is 5.13. The molecule has 3 aromatic rings. The fourth-order valence-electron chi connectivity index (χ4n) is 2.82. The van der Waals surface area contributed by atoms with Crippen LogP contribution in [0.4, 0.5) is 5.95 Å². The number of nitrogens with one attached hydrogen (secondary N) is 2. The number of nitrogens with zero attached hydrogens (tertiary/aromatic N) is 5. The lowest BCUT2D eigenvalue weighted by Gasteiger charge is -2.16. The lowest BCUT2D eigenvalue weighted by Crippen LogP contribution is -2.28. The molecule has 9 nitrogen and oxygen atoms in total. The summed E-state index contributed by atoms with van der Waals surface area (Å²) in [5, 5.41) is 27.2. The maximum atomic E-state index is 13.4. The number of hydrazone groups is 1. The Morgan fingerprint density at radius 1 is 1.06 bits per heavy atom. The van der Waals surface area contributed by atoms with Crippen LogP contribution < -0.4 is 11.3 Å². The van der Waals surface area contributed by atoms with Crippen LogP contribution in [0.25, 0.3) is 0 Å². The first kappa shape index (κ1) is 23.0. The van der Waals surface area contributed by atoms with Crippen molar-refractivity contribution < 1.29 is 4.79 Å². The van der Waals surface area contributed by atoms with Gasteiger partial charge in [0, 0.05) is 10.0 Å². The Hall–Kier alpha value is -3.70. The standard InChI is InChI=1S/C20H14Cl2N8OS/c21-13-5-1-11(2-6-13)15(9-23)17(27-28-19-26-20(32)29-30(19)25)18(31)16(10-24)12-3-7-14(22)8-4-12/h1-8,15-16H,25H2,(H2,26,28,29,32). The molecule has 0 radical (unpaired) electrons. The van der Waals surface area contributed by atoms with E-state index in [9.17, 15) is 15.3 Å². The predicted molar refractivity (Wildman–Crippen MR) is 123 cm³/mol. The fraction of sp³-hybridized carbons (Fsp3) is 0.100. The molecular formula is C20H14Cl2N8OS. The van der Waals surface area contributed by atoms with Crippen molar-refractivity contribution in [1.82, 2.24) is 14.9 Å². The maximum absolute atomic E-state index is 13.4. The van der Waals surface area contributed by atoms with Crippen molar-refractivity contribution in [1.29, 1.82) is 10.5 Å². The normalized spacial score (nSPS) is 12.9. The van der Waals surface area contributed by atoms with Gasteiger partial charge in [0.25, 0.3) is 5.95 Å². The number of carbonyl (C=O) groups excluding carboxylic acids is 1. The number of anilines is 1.